The predicted molar refractivity (Wildman–Crippen MR) is 104 cm³/mol. The molecule has 0 spiro atoms. The number of nitrogens with one attached hydrogen (secondary N) is 1. The Bertz CT molecular complexity index is 1010. The topological polar surface area (TPSA) is 77.1 Å². The zero-order valence-corrected chi connectivity index (χ0v) is 16.4. The van der Waals surface area contributed by atoms with Gasteiger partial charge in [0.05, 0.1) is 17.5 Å². The van der Waals surface area contributed by atoms with Gasteiger partial charge < -0.3 is 9.73 Å². The Morgan fingerprint density at radius 3 is 2.89 bits per heavy atom. The van der Waals surface area contributed by atoms with Crippen molar-refractivity contribution < 1.29 is 14.0 Å². The molecule has 1 aliphatic rings. The van der Waals surface area contributed by atoms with Gasteiger partial charge in [-0.3, -0.25) is 14.3 Å². The van der Waals surface area contributed by atoms with Crippen LogP contribution in [0.4, 0.5) is 5.00 Å². The van der Waals surface area contributed by atoms with Crippen LogP contribution in [0.25, 0.3) is 0 Å². The van der Waals surface area contributed by atoms with E-state index >= 15 is 0 Å². The van der Waals surface area contributed by atoms with Crippen molar-refractivity contribution in [1.82, 2.24) is 9.78 Å². The van der Waals surface area contributed by atoms with Crippen molar-refractivity contribution in [2.75, 3.05) is 5.32 Å². The number of aromatic nitrogens is 2. The van der Waals surface area contributed by atoms with Crippen molar-refractivity contribution in [3.63, 3.8) is 0 Å². The molecule has 1 N–H and O–H groups in total. The van der Waals surface area contributed by atoms with Gasteiger partial charge in [0.1, 0.15) is 10.7 Å². The fraction of sp³-hybridized carbons (Fsp3) is 0.350. The average molecular weight is 383 g/mol. The van der Waals surface area contributed by atoms with E-state index in [2.05, 4.69) is 17.3 Å². The van der Waals surface area contributed by atoms with Crippen molar-refractivity contribution in [2.45, 2.75) is 33.1 Å². The molecule has 0 fully saturated rings. The first-order valence-electron chi connectivity index (χ1n) is 8.98. The number of rotatable bonds is 4. The van der Waals surface area contributed by atoms with E-state index in [1.165, 1.54) is 22.5 Å². The summed E-state index contributed by atoms with van der Waals surface area (Å²) in [5.74, 6) is 0.425. The van der Waals surface area contributed by atoms with E-state index in [1.54, 1.807) is 29.9 Å². The lowest BCUT2D eigenvalue weighted by Gasteiger charge is -2.18. The van der Waals surface area contributed by atoms with Crippen molar-refractivity contribution in [2.24, 2.45) is 13.0 Å². The standard InChI is InChI=1S/C20H21N3O3S/c1-11-6-7-13-16(9-11)27-20(17(13)18(24)15-5-4-8-26-15)21-19(25)14-10-12(2)22-23(14)3/h4-5,8,10-11H,6-7,9H2,1-3H3,(H,21,25)/t11-/m0/s1. The van der Waals surface area contributed by atoms with Gasteiger partial charge in [0.25, 0.3) is 5.91 Å². The first kappa shape index (κ1) is 17.7. The maximum Gasteiger partial charge on any atom is 0.274 e. The van der Waals surface area contributed by atoms with Crippen LogP contribution in [0.2, 0.25) is 0 Å². The van der Waals surface area contributed by atoms with Crippen LogP contribution in [0.3, 0.4) is 0 Å². The summed E-state index contributed by atoms with van der Waals surface area (Å²) in [7, 11) is 1.73. The van der Waals surface area contributed by atoms with Crippen molar-refractivity contribution in [1.29, 1.82) is 0 Å². The highest BCUT2D eigenvalue weighted by Gasteiger charge is 2.30. The number of ketones is 1. The Morgan fingerprint density at radius 1 is 1.41 bits per heavy atom. The van der Waals surface area contributed by atoms with E-state index in [0.717, 1.165) is 30.5 Å². The molecule has 0 saturated heterocycles. The summed E-state index contributed by atoms with van der Waals surface area (Å²) in [5.41, 5.74) is 2.86. The monoisotopic (exact) mass is 383 g/mol. The van der Waals surface area contributed by atoms with Crippen LogP contribution in [0.5, 0.6) is 0 Å². The highest BCUT2D eigenvalue weighted by Crippen LogP contribution is 2.41. The Labute approximate surface area is 161 Å². The highest BCUT2D eigenvalue weighted by molar-refractivity contribution is 7.17. The van der Waals surface area contributed by atoms with E-state index < -0.39 is 0 Å². The number of hydrogen-bond acceptors (Lipinski definition) is 5. The van der Waals surface area contributed by atoms with Crippen LogP contribution in [-0.4, -0.2) is 21.5 Å². The first-order chi connectivity index (χ1) is 12.9. The van der Waals surface area contributed by atoms with E-state index in [1.807, 2.05) is 6.92 Å². The molecule has 1 atom stereocenters. The fourth-order valence-corrected chi connectivity index (χ4v) is 5.00. The van der Waals surface area contributed by atoms with Gasteiger partial charge in [0.2, 0.25) is 5.78 Å². The number of hydrogen-bond donors (Lipinski definition) is 1. The molecule has 3 aromatic rings. The van der Waals surface area contributed by atoms with Crippen LogP contribution in [0, 0.1) is 12.8 Å². The van der Waals surface area contributed by atoms with Gasteiger partial charge >= 0.3 is 0 Å². The predicted octanol–water partition coefficient (Wildman–Crippen LogP) is 3.99. The first-order valence-corrected chi connectivity index (χ1v) is 9.80. The second-order valence-corrected chi connectivity index (χ2v) is 8.22. The summed E-state index contributed by atoms with van der Waals surface area (Å²) < 4.78 is 6.88. The summed E-state index contributed by atoms with van der Waals surface area (Å²) in [6.07, 6.45) is 4.30. The Morgan fingerprint density at radius 2 is 2.22 bits per heavy atom. The summed E-state index contributed by atoms with van der Waals surface area (Å²) >= 11 is 1.50. The molecule has 1 amide bonds. The maximum absolute atomic E-state index is 13.1. The van der Waals surface area contributed by atoms with Crippen LogP contribution < -0.4 is 5.32 Å². The molecule has 1 aliphatic carbocycles. The SMILES string of the molecule is Cc1cc(C(=O)Nc2sc3c(c2C(=O)c2ccco2)CC[C@H](C)C3)n(C)n1. The number of carbonyl (C=O) groups excluding carboxylic acids is 2. The summed E-state index contributed by atoms with van der Waals surface area (Å²) in [4.78, 5) is 27.0. The van der Waals surface area contributed by atoms with Crippen molar-refractivity contribution in [3.8, 4) is 0 Å². The Balaban J connectivity index is 1.74. The number of anilines is 1. The van der Waals surface area contributed by atoms with Crippen LogP contribution in [0.15, 0.2) is 28.9 Å². The van der Waals surface area contributed by atoms with Crippen molar-refractivity contribution >= 4 is 28.0 Å². The lowest BCUT2D eigenvalue weighted by molar-refractivity contribution is 0.101. The zero-order valence-electron chi connectivity index (χ0n) is 15.5. The third-order valence-electron chi connectivity index (χ3n) is 4.95. The van der Waals surface area contributed by atoms with E-state index in [-0.39, 0.29) is 11.7 Å². The van der Waals surface area contributed by atoms with Gasteiger partial charge in [0.15, 0.2) is 5.76 Å². The minimum atomic E-state index is -0.266. The molecule has 3 heterocycles. The molecule has 7 heteroatoms. The maximum atomic E-state index is 13.1. The van der Waals surface area contributed by atoms with Gasteiger partial charge in [-0.2, -0.15) is 5.10 Å². The van der Waals surface area contributed by atoms with Crippen LogP contribution >= 0.6 is 11.3 Å². The zero-order chi connectivity index (χ0) is 19.1. The summed E-state index contributed by atoms with van der Waals surface area (Å²) in [6, 6.07) is 5.09. The molecule has 0 aliphatic heterocycles. The summed E-state index contributed by atoms with van der Waals surface area (Å²) in [5, 5.41) is 7.77. The van der Waals surface area contributed by atoms with Gasteiger partial charge in [-0.25, -0.2) is 0 Å². The minimum absolute atomic E-state index is 0.177. The molecule has 0 saturated carbocycles. The van der Waals surface area contributed by atoms with E-state index in [4.69, 9.17) is 4.42 Å². The molecule has 0 radical (unpaired) electrons. The molecule has 4 rings (SSSR count). The summed E-state index contributed by atoms with van der Waals surface area (Å²) in [6.45, 7) is 4.06. The van der Waals surface area contributed by atoms with E-state index in [0.29, 0.717) is 27.9 Å². The van der Waals surface area contributed by atoms with Crippen LogP contribution in [0.1, 0.15) is 56.1 Å². The third-order valence-corrected chi connectivity index (χ3v) is 6.12. The minimum Gasteiger partial charge on any atom is -0.461 e. The normalized spacial score (nSPS) is 16.2. The van der Waals surface area contributed by atoms with Crippen molar-refractivity contribution in [3.05, 3.63) is 57.6 Å². The number of carbonyl (C=O) groups is 2. The molecule has 0 bridgehead atoms. The molecule has 3 aromatic heterocycles. The molecule has 140 valence electrons. The smallest absolute Gasteiger partial charge is 0.274 e. The number of furan rings is 1. The van der Waals surface area contributed by atoms with Gasteiger partial charge in [0, 0.05) is 11.9 Å². The fourth-order valence-electron chi connectivity index (χ4n) is 3.60. The third kappa shape index (κ3) is 3.23. The quantitative estimate of drug-likeness (QED) is 0.691. The second kappa shape index (κ2) is 6.81. The number of thiophene rings is 1. The average Bonchev–Trinajstić information content (AvgIpc) is 3.32. The Kier molecular flexibility index (Phi) is 4.47. The lowest BCUT2D eigenvalue weighted by Crippen LogP contribution is -2.18. The lowest BCUT2D eigenvalue weighted by atomic mass is 9.87. The molecule has 0 aromatic carbocycles. The molecular weight excluding hydrogens is 362 g/mol. The van der Waals surface area contributed by atoms with Gasteiger partial charge in [-0.15, -0.1) is 11.3 Å². The van der Waals surface area contributed by atoms with Gasteiger partial charge in [-0.1, -0.05) is 6.92 Å². The highest BCUT2D eigenvalue weighted by atomic mass is 32.1. The number of fused-ring (bicyclic) bond motifs is 1. The molecule has 27 heavy (non-hydrogen) atoms. The van der Waals surface area contributed by atoms with Crippen LogP contribution in [-0.2, 0) is 19.9 Å². The second-order valence-electron chi connectivity index (χ2n) is 7.11. The Hall–Kier alpha value is -2.67. The number of nitrogens with zero attached hydrogens (tertiary/aromatic N) is 2. The molecular formula is C20H21N3O3S. The van der Waals surface area contributed by atoms with E-state index in [9.17, 15) is 9.59 Å². The number of amides is 1. The molecule has 0 unspecified atom stereocenters. The number of aryl methyl sites for hydroxylation is 2. The van der Waals surface area contributed by atoms with Gasteiger partial charge in [-0.05, 0) is 55.9 Å². The largest absolute Gasteiger partial charge is 0.461 e. The molecule has 6 nitrogen and oxygen atoms in total.